The van der Waals surface area contributed by atoms with Crippen LogP contribution in [0.25, 0.3) is 0 Å². The lowest BCUT2D eigenvalue weighted by Gasteiger charge is -2.23. The molecule has 0 saturated heterocycles. The van der Waals surface area contributed by atoms with Crippen molar-refractivity contribution in [3.05, 3.63) is 52.3 Å². The predicted octanol–water partition coefficient (Wildman–Crippen LogP) is 2.97. The SMILES string of the molecule is COC(=O)COc1cc(C(=O)CN2Cc3ccc(C)nc3C2=N)cc(C(C)(C)C)c1O. The highest BCUT2D eigenvalue weighted by molar-refractivity contribution is 6.04. The van der Waals surface area contributed by atoms with Crippen molar-refractivity contribution < 1.29 is 24.2 Å². The summed E-state index contributed by atoms with van der Waals surface area (Å²) < 4.78 is 10.0. The van der Waals surface area contributed by atoms with Gasteiger partial charge in [-0.2, -0.15) is 0 Å². The molecule has 1 aromatic heterocycles. The van der Waals surface area contributed by atoms with E-state index in [9.17, 15) is 14.7 Å². The lowest BCUT2D eigenvalue weighted by atomic mass is 9.84. The van der Waals surface area contributed by atoms with Crippen LogP contribution in [0.1, 0.15) is 53.6 Å². The second-order valence-electron chi connectivity index (χ2n) is 8.57. The number of Topliss-reactive ketones (excluding diaryl/α,β-unsaturated/α-hetero) is 1. The third-order valence-corrected chi connectivity index (χ3v) is 5.13. The summed E-state index contributed by atoms with van der Waals surface area (Å²) in [5, 5.41) is 19.0. The number of rotatable bonds is 6. The Morgan fingerprint density at radius 2 is 1.97 bits per heavy atom. The number of ether oxygens (including phenoxy) is 2. The van der Waals surface area contributed by atoms with Crippen LogP contribution in [0.5, 0.6) is 11.5 Å². The maximum atomic E-state index is 13.1. The van der Waals surface area contributed by atoms with Gasteiger partial charge in [0.1, 0.15) is 11.5 Å². The first kappa shape index (κ1) is 22.3. The van der Waals surface area contributed by atoms with Crippen LogP contribution >= 0.6 is 0 Å². The number of aromatic hydroxyl groups is 1. The van der Waals surface area contributed by atoms with Gasteiger partial charge < -0.3 is 19.5 Å². The van der Waals surface area contributed by atoms with Crippen LogP contribution in [0.2, 0.25) is 0 Å². The Morgan fingerprint density at radius 1 is 1.26 bits per heavy atom. The van der Waals surface area contributed by atoms with E-state index >= 15 is 0 Å². The highest BCUT2D eigenvalue weighted by Crippen LogP contribution is 2.39. The lowest BCUT2D eigenvalue weighted by molar-refractivity contribution is -0.142. The quantitative estimate of drug-likeness (QED) is 0.540. The first-order valence-electron chi connectivity index (χ1n) is 9.92. The summed E-state index contributed by atoms with van der Waals surface area (Å²) in [7, 11) is 1.24. The Morgan fingerprint density at radius 3 is 2.61 bits per heavy atom. The molecular formula is C23H27N3O5. The molecule has 2 aromatic rings. The standard InChI is InChI=1S/C23H27N3O5/c1-13-6-7-14-10-26(22(24)20(14)25-13)11-17(27)15-8-16(23(2,3)4)21(29)18(9-15)31-12-19(28)30-5/h6-9,24,29H,10-12H2,1-5H3. The Bertz CT molecular complexity index is 1060. The molecule has 0 spiro atoms. The smallest absolute Gasteiger partial charge is 0.343 e. The lowest BCUT2D eigenvalue weighted by Crippen LogP contribution is -2.30. The zero-order valence-corrected chi connectivity index (χ0v) is 18.4. The van der Waals surface area contributed by atoms with E-state index in [-0.39, 0.29) is 36.3 Å². The molecule has 8 nitrogen and oxygen atoms in total. The number of esters is 1. The van der Waals surface area contributed by atoms with Crippen molar-refractivity contribution >= 4 is 17.6 Å². The minimum absolute atomic E-state index is 0.0148. The predicted molar refractivity (Wildman–Crippen MR) is 115 cm³/mol. The van der Waals surface area contributed by atoms with Crippen LogP contribution in [0, 0.1) is 12.3 Å². The van der Waals surface area contributed by atoms with Crippen LogP contribution < -0.4 is 4.74 Å². The zero-order chi connectivity index (χ0) is 22.9. The number of methoxy groups -OCH3 is 1. The molecule has 0 bridgehead atoms. The fraction of sp³-hybridized carbons (Fsp3) is 0.391. The number of aromatic nitrogens is 1. The highest BCUT2D eigenvalue weighted by atomic mass is 16.6. The highest BCUT2D eigenvalue weighted by Gasteiger charge is 2.29. The number of carbonyl (C=O) groups excluding carboxylic acids is 2. The zero-order valence-electron chi connectivity index (χ0n) is 18.4. The molecule has 0 atom stereocenters. The van der Waals surface area contributed by atoms with Crippen LogP contribution in [-0.4, -0.2) is 52.8 Å². The van der Waals surface area contributed by atoms with Gasteiger partial charge in [-0.25, -0.2) is 9.78 Å². The van der Waals surface area contributed by atoms with E-state index in [0.717, 1.165) is 11.3 Å². The molecule has 3 rings (SSSR count). The summed E-state index contributed by atoms with van der Waals surface area (Å²) in [6, 6.07) is 6.87. The molecule has 2 heterocycles. The van der Waals surface area contributed by atoms with Crippen molar-refractivity contribution in [3.63, 3.8) is 0 Å². The second-order valence-corrected chi connectivity index (χ2v) is 8.57. The van der Waals surface area contributed by atoms with E-state index in [1.807, 2.05) is 39.8 Å². The van der Waals surface area contributed by atoms with Crippen molar-refractivity contribution in [1.29, 1.82) is 5.41 Å². The molecular weight excluding hydrogens is 398 g/mol. The topological polar surface area (TPSA) is 113 Å². The van der Waals surface area contributed by atoms with Gasteiger partial charge in [0.15, 0.2) is 23.9 Å². The van der Waals surface area contributed by atoms with Gasteiger partial charge in [-0.3, -0.25) is 10.2 Å². The first-order chi connectivity index (χ1) is 14.5. The molecule has 0 unspecified atom stereocenters. The Balaban J connectivity index is 1.88. The molecule has 164 valence electrons. The average Bonchev–Trinajstić information content (AvgIpc) is 3.00. The van der Waals surface area contributed by atoms with Gasteiger partial charge in [-0.15, -0.1) is 0 Å². The molecule has 0 radical (unpaired) electrons. The summed E-state index contributed by atoms with van der Waals surface area (Å²) in [6.07, 6.45) is 0. The number of nitrogens with zero attached hydrogens (tertiary/aromatic N) is 2. The maximum Gasteiger partial charge on any atom is 0.343 e. The number of nitrogens with one attached hydrogen (secondary N) is 1. The third kappa shape index (κ3) is 4.68. The number of hydrogen-bond acceptors (Lipinski definition) is 7. The van der Waals surface area contributed by atoms with Crippen LogP contribution in [0.4, 0.5) is 0 Å². The van der Waals surface area contributed by atoms with Crippen LogP contribution in [0.15, 0.2) is 24.3 Å². The minimum Gasteiger partial charge on any atom is -0.504 e. The normalized spacial score (nSPS) is 13.2. The number of phenols is 1. The number of fused-ring (bicyclic) bond motifs is 1. The number of amidine groups is 1. The summed E-state index contributed by atoms with van der Waals surface area (Å²) in [5.74, 6) is -0.696. The molecule has 2 N–H and O–H groups in total. The number of pyridine rings is 1. The molecule has 1 aromatic carbocycles. The van der Waals surface area contributed by atoms with E-state index < -0.39 is 11.4 Å². The summed E-state index contributed by atoms with van der Waals surface area (Å²) in [6.45, 7) is 7.61. The van der Waals surface area contributed by atoms with Gasteiger partial charge in [-0.05, 0) is 30.5 Å². The van der Waals surface area contributed by atoms with Crippen molar-refractivity contribution in [2.45, 2.75) is 39.7 Å². The fourth-order valence-electron chi connectivity index (χ4n) is 3.40. The van der Waals surface area contributed by atoms with E-state index in [1.165, 1.54) is 13.2 Å². The van der Waals surface area contributed by atoms with E-state index in [4.69, 9.17) is 10.1 Å². The van der Waals surface area contributed by atoms with Crippen molar-refractivity contribution in [1.82, 2.24) is 9.88 Å². The summed E-state index contributed by atoms with van der Waals surface area (Å²) in [4.78, 5) is 30.7. The average molecular weight is 425 g/mol. The summed E-state index contributed by atoms with van der Waals surface area (Å²) >= 11 is 0. The van der Waals surface area contributed by atoms with Gasteiger partial charge in [0.2, 0.25) is 0 Å². The van der Waals surface area contributed by atoms with Crippen molar-refractivity contribution in [2.75, 3.05) is 20.3 Å². The summed E-state index contributed by atoms with van der Waals surface area (Å²) in [5.41, 5.74) is 2.70. The molecule has 0 amide bonds. The Kier molecular flexibility index (Phi) is 6.01. The van der Waals surface area contributed by atoms with Gasteiger partial charge in [0.05, 0.1) is 13.7 Å². The van der Waals surface area contributed by atoms with Crippen molar-refractivity contribution in [2.24, 2.45) is 0 Å². The maximum absolute atomic E-state index is 13.1. The molecule has 1 aliphatic rings. The van der Waals surface area contributed by atoms with Gasteiger partial charge >= 0.3 is 5.97 Å². The number of carbonyl (C=O) groups is 2. The second kappa shape index (κ2) is 8.37. The van der Waals surface area contributed by atoms with Gasteiger partial charge in [-0.1, -0.05) is 26.8 Å². The van der Waals surface area contributed by atoms with E-state index in [2.05, 4.69) is 9.72 Å². The molecule has 0 fully saturated rings. The molecule has 0 aliphatic carbocycles. The number of benzene rings is 1. The first-order valence-corrected chi connectivity index (χ1v) is 9.92. The fourth-order valence-corrected chi connectivity index (χ4v) is 3.40. The largest absolute Gasteiger partial charge is 0.504 e. The molecule has 1 aliphatic heterocycles. The molecule has 31 heavy (non-hydrogen) atoms. The number of aryl methyl sites for hydroxylation is 1. The van der Waals surface area contributed by atoms with Crippen LogP contribution in [-0.2, 0) is 21.5 Å². The van der Waals surface area contributed by atoms with E-state index in [1.54, 1.807) is 11.0 Å². The molecule has 0 saturated carbocycles. The Hall–Kier alpha value is -3.42. The van der Waals surface area contributed by atoms with Crippen molar-refractivity contribution in [3.8, 4) is 11.5 Å². The number of ketones is 1. The monoisotopic (exact) mass is 425 g/mol. The van der Waals surface area contributed by atoms with E-state index in [0.29, 0.717) is 23.4 Å². The van der Waals surface area contributed by atoms with Crippen LogP contribution in [0.3, 0.4) is 0 Å². The van der Waals surface area contributed by atoms with Gasteiger partial charge in [0, 0.05) is 28.9 Å². The van der Waals surface area contributed by atoms with Gasteiger partial charge in [0.25, 0.3) is 0 Å². The minimum atomic E-state index is -0.598. The third-order valence-electron chi connectivity index (χ3n) is 5.13. The number of hydrogen-bond donors (Lipinski definition) is 2. The number of phenolic OH excluding ortho intramolecular Hbond substituents is 1. The Labute approximate surface area is 181 Å². The molecule has 8 heteroatoms.